The topological polar surface area (TPSA) is 58.2 Å². The minimum atomic E-state index is -2.81. The minimum Gasteiger partial charge on any atom is -0.314 e. The summed E-state index contributed by atoms with van der Waals surface area (Å²) < 4.78 is 22.4. The van der Waals surface area contributed by atoms with Crippen molar-refractivity contribution in [3.63, 3.8) is 0 Å². The number of nitrogens with one attached hydrogen (secondary N) is 2. The molecule has 0 amide bonds. The van der Waals surface area contributed by atoms with Gasteiger partial charge in [0.25, 0.3) is 0 Å². The lowest BCUT2D eigenvalue weighted by Gasteiger charge is -2.23. The predicted octanol–water partition coefficient (Wildman–Crippen LogP) is 0.153. The van der Waals surface area contributed by atoms with Crippen molar-refractivity contribution in [2.45, 2.75) is 32.2 Å². The summed E-state index contributed by atoms with van der Waals surface area (Å²) in [5.74, 6) is 0.507. The molecule has 4 nitrogen and oxygen atoms in total. The third-order valence-corrected chi connectivity index (χ3v) is 4.54. The molecular formula is C10H22N2O2S. The van der Waals surface area contributed by atoms with Gasteiger partial charge in [-0.3, -0.25) is 0 Å². The molecule has 0 spiro atoms. The Labute approximate surface area is 92.7 Å². The first kappa shape index (κ1) is 12.9. The van der Waals surface area contributed by atoms with Gasteiger partial charge in [-0.05, 0) is 19.4 Å². The van der Waals surface area contributed by atoms with Crippen molar-refractivity contribution >= 4 is 9.84 Å². The van der Waals surface area contributed by atoms with Gasteiger partial charge in [0.1, 0.15) is 0 Å². The van der Waals surface area contributed by atoms with Crippen LogP contribution in [-0.4, -0.2) is 45.6 Å². The number of hydrogen-bond acceptors (Lipinski definition) is 4. The monoisotopic (exact) mass is 234 g/mol. The molecule has 1 atom stereocenters. The zero-order valence-corrected chi connectivity index (χ0v) is 10.3. The van der Waals surface area contributed by atoms with E-state index in [9.17, 15) is 8.42 Å². The van der Waals surface area contributed by atoms with Gasteiger partial charge in [-0.25, -0.2) is 8.42 Å². The summed E-state index contributed by atoms with van der Waals surface area (Å²) in [5, 5.41) is 6.62. The standard InChI is InChI=1S/C10H22N2O2S/c1-2-15(13,14)8-7-11-9-10-5-3-4-6-12-10/h10-12H,2-9H2,1H3. The highest BCUT2D eigenvalue weighted by Crippen LogP contribution is 2.05. The van der Waals surface area contributed by atoms with E-state index < -0.39 is 9.84 Å². The van der Waals surface area contributed by atoms with E-state index in [1.54, 1.807) is 6.92 Å². The van der Waals surface area contributed by atoms with E-state index in [-0.39, 0.29) is 11.5 Å². The molecule has 1 unspecified atom stereocenters. The Kier molecular flexibility index (Phi) is 5.56. The first-order chi connectivity index (χ1) is 7.14. The van der Waals surface area contributed by atoms with Crippen molar-refractivity contribution in [3.8, 4) is 0 Å². The van der Waals surface area contributed by atoms with Crippen LogP contribution in [0.25, 0.3) is 0 Å². The zero-order chi connectivity index (χ0) is 11.1. The Morgan fingerprint density at radius 2 is 2.20 bits per heavy atom. The van der Waals surface area contributed by atoms with Crippen LogP contribution in [-0.2, 0) is 9.84 Å². The molecule has 0 aliphatic carbocycles. The highest BCUT2D eigenvalue weighted by Gasteiger charge is 2.12. The van der Waals surface area contributed by atoms with Gasteiger partial charge >= 0.3 is 0 Å². The van der Waals surface area contributed by atoms with Crippen LogP contribution in [0.15, 0.2) is 0 Å². The normalized spacial score (nSPS) is 22.9. The third-order valence-electron chi connectivity index (χ3n) is 2.83. The van der Waals surface area contributed by atoms with E-state index in [4.69, 9.17) is 0 Å². The highest BCUT2D eigenvalue weighted by atomic mass is 32.2. The maximum absolute atomic E-state index is 11.2. The van der Waals surface area contributed by atoms with Gasteiger partial charge in [-0.1, -0.05) is 13.3 Å². The smallest absolute Gasteiger partial charge is 0.151 e. The Bertz CT molecular complexity index is 259. The number of rotatable bonds is 6. The molecule has 0 aromatic rings. The van der Waals surface area contributed by atoms with Crippen LogP contribution in [0.5, 0.6) is 0 Å². The lowest BCUT2D eigenvalue weighted by Crippen LogP contribution is -2.42. The maximum Gasteiger partial charge on any atom is 0.151 e. The molecule has 1 saturated heterocycles. The molecule has 1 aliphatic heterocycles. The molecule has 5 heteroatoms. The molecule has 0 radical (unpaired) electrons. The first-order valence-corrected chi connectivity index (χ1v) is 7.60. The fraction of sp³-hybridized carbons (Fsp3) is 1.00. The average Bonchev–Trinajstić information content (AvgIpc) is 2.26. The second-order valence-corrected chi connectivity index (χ2v) is 6.56. The average molecular weight is 234 g/mol. The molecule has 1 heterocycles. The molecule has 2 N–H and O–H groups in total. The van der Waals surface area contributed by atoms with E-state index in [0.717, 1.165) is 13.1 Å². The van der Waals surface area contributed by atoms with Gasteiger partial charge in [0.05, 0.1) is 5.75 Å². The van der Waals surface area contributed by atoms with Gasteiger partial charge in [-0.2, -0.15) is 0 Å². The van der Waals surface area contributed by atoms with Gasteiger partial charge in [0, 0.05) is 24.9 Å². The van der Waals surface area contributed by atoms with Crippen LogP contribution in [0.3, 0.4) is 0 Å². The zero-order valence-electron chi connectivity index (χ0n) is 9.46. The summed E-state index contributed by atoms with van der Waals surface area (Å²) in [5.41, 5.74) is 0. The van der Waals surface area contributed by atoms with E-state index in [1.165, 1.54) is 19.3 Å². The number of piperidine rings is 1. The summed E-state index contributed by atoms with van der Waals surface area (Å²) in [6.07, 6.45) is 3.75. The minimum absolute atomic E-state index is 0.246. The van der Waals surface area contributed by atoms with E-state index in [1.807, 2.05) is 0 Å². The fourth-order valence-electron chi connectivity index (χ4n) is 1.75. The van der Waals surface area contributed by atoms with Crippen LogP contribution in [0, 0.1) is 0 Å². The van der Waals surface area contributed by atoms with Gasteiger partial charge in [0.2, 0.25) is 0 Å². The predicted molar refractivity (Wildman–Crippen MR) is 62.8 cm³/mol. The highest BCUT2D eigenvalue weighted by molar-refractivity contribution is 7.91. The first-order valence-electron chi connectivity index (χ1n) is 5.78. The molecule has 1 aliphatic rings. The van der Waals surface area contributed by atoms with Gasteiger partial charge in [0.15, 0.2) is 9.84 Å². The largest absolute Gasteiger partial charge is 0.314 e. The summed E-state index contributed by atoms with van der Waals surface area (Å²) in [4.78, 5) is 0. The Morgan fingerprint density at radius 3 is 2.80 bits per heavy atom. The molecule has 0 aromatic heterocycles. The Balaban J connectivity index is 2.06. The van der Waals surface area contributed by atoms with Crippen LogP contribution < -0.4 is 10.6 Å². The van der Waals surface area contributed by atoms with Crippen molar-refractivity contribution in [1.82, 2.24) is 10.6 Å². The molecule has 1 rings (SSSR count). The fourth-order valence-corrected chi connectivity index (χ4v) is 2.49. The quantitative estimate of drug-likeness (QED) is 0.643. The molecule has 15 heavy (non-hydrogen) atoms. The third kappa shape index (κ3) is 5.49. The molecule has 90 valence electrons. The summed E-state index contributed by atoms with van der Waals surface area (Å²) in [7, 11) is -2.81. The number of hydrogen-bond donors (Lipinski definition) is 2. The van der Waals surface area contributed by atoms with E-state index >= 15 is 0 Å². The number of sulfone groups is 1. The van der Waals surface area contributed by atoms with Crippen molar-refractivity contribution in [2.24, 2.45) is 0 Å². The van der Waals surface area contributed by atoms with Crippen molar-refractivity contribution in [1.29, 1.82) is 0 Å². The van der Waals surface area contributed by atoms with Crippen LogP contribution in [0.4, 0.5) is 0 Å². The lowest BCUT2D eigenvalue weighted by molar-refractivity contribution is 0.386. The van der Waals surface area contributed by atoms with Crippen LogP contribution in [0.2, 0.25) is 0 Å². The summed E-state index contributed by atoms with van der Waals surface area (Å²) in [6, 6.07) is 0.531. The Hall–Kier alpha value is -0.130. The molecule has 1 fully saturated rings. The maximum atomic E-state index is 11.2. The van der Waals surface area contributed by atoms with Crippen LogP contribution >= 0.6 is 0 Å². The molecule has 0 aromatic carbocycles. The van der Waals surface area contributed by atoms with Gasteiger partial charge < -0.3 is 10.6 Å². The second-order valence-electron chi connectivity index (χ2n) is 4.09. The van der Waals surface area contributed by atoms with E-state index in [0.29, 0.717) is 12.6 Å². The SMILES string of the molecule is CCS(=O)(=O)CCNCC1CCCCN1. The van der Waals surface area contributed by atoms with E-state index in [2.05, 4.69) is 10.6 Å². The second kappa shape index (κ2) is 6.45. The van der Waals surface area contributed by atoms with Crippen molar-refractivity contribution in [2.75, 3.05) is 31.1 Å². The lowest BCUT2D eigenvalue weighted by atomic mass is 10.1. The summed E-state index contributed by atoms with van der Waals surface area (Å²) in [6.45, 7) is 4.26. The van der Waals surface area contributed by atoms with Crippen LogP contribution in [0.1, 0.15) is 26.2 Å². The molecule has 0 saturated carbocycles. The molecular weight excluding hydrogens is 212 g/mol. The molecule has 0 bridgehead atoms. The van der Waals surface area contributed by atoms with Gasteiger partial charge in [-0.15, -0.1) is 0 Å². The Morgan fingerprint density at radius 1 is 1.40 bits per heavy atom. The van der Waals surface area contributed by atoms with Crippen molar-refractivity contribution in [3.05, 3.63) is 0 Å². The summed E-state index contributed by atoms with van der Waals surface area (Å²) >= 11 is 0. The van der Waals surface area contributed by atoms with Crippen molar-refractivity contribution < 1.29 is 8.42 Å².